The second-order valence-electron chi connectivity index (χ2n) is 4.60. The van der Waals surface area contributed by atoms with Crippen molar-refractivity contribution in [3.8, 4) is 5.75 Å². The molecule has 0 amide bonds. The van der Waals surface area contributed by atoms with Crippen LogP contribution in [0.3, 0.4) is 0 Å². The highest BCUT2D eigenvalue weighted by Gasteiger charge is 2.39. The molecule has 2 heterocycles. The highest BCUT2D eigenvalue weighted by atomic mass is 16.7. The third-order valence-corrected chi connectivity index (χ3v) is 3.41. The SMILES string of the molecule is O=[N+]([O-])c1ccc2c(c1)COC1(CCNCC1)O2. The molecule has 1 saturated heterocycles. The Hall–Kier alpha value is -1.66. The predicted octanol–water partition coefficient (Wildman–Crippen LogP) is 1.58. The molecule has 1 aromatic carbocycles. The van der Waals surface area contributed by atoms with Crippen molar-refractivity contribution < 1.29 is 14.4 Å². The molecule has 0 unspecified atom stereocenters. The van der Waals surface area contributed by atoms with Gasteiger partial charge in [-0.05, 0) is 6.07 Å². The zero-order chi connectivity index (χ0) is 12.6. The third-order valence-electron chi connectivity index (χ3n) is 3.41. The molecule has 1 fully saturated rings. The van der Waals surface area contributed by atoms with Crippen molar-refractivity contribution in [1.29, 1.82) is 0 Å². The van der Waals surface area contributed by atoms with E-state index in [2.05, 4.69) is 5.32 Å². The van der Waals surface area contributed by atoms with E-state index >= 15 is 0 Å². The van der Waals surface area contributed by atoms with Crippen LogP contribution in [0.25, 0.3) is 0 Å². The molecule has 2 aliphatic rings. The number of rotatable bonds is 1. The molecular formula is C12H14N2O4. The largest absolute Gasteiger partial charge is 0.462 e. The molecule has 2 aliphatic heterocycles. The summed E-state index contributed by atoms with van der Waals surface area (Å²) in [6.45, 7) is 2.10. The van der Waals surface area contributed by atoms with Gasteiger partial charge in [0.2, 0.25) is 5.79 Å². The van der Waals surface area contributed by atoms with Crippen LogP contribution in [-0.2, 0) is 11.3 Å². The number of nitro groups is 1. The van der Waals surface area contributed by atoms with Gasteiger partial charge in [0.25, 0.3) is 5.69 Å². The molecule has 1 N–H and O–H groups in total. The first-order chi connectivity index (χ1) is 8.69. The fourth-order valence-corrected chi connectivity index (χ4v) is 2.38. The summed E-state index contributed by atoms with van der Waals surface area (Å²) in [6.07, 6.45) is 1.59. The Morgan fingerprint density at radius 2 is 2.11 bits per heavy atom. The number of benzene rings is 1. The average Bonchev–Trinajstić information content (AvgIpc) is 2.39. The van der Waals surface area contributed by atoms with Crippen LogP contribution in [-0.4, -0.2) is 23.8 Å². The summed E-state index contributed by atoms with van der Waals surface area (Å²) in [4.78, 5) is 10.3. The molecule has 6 heteroatoms. The Balaban J connectivity index is 1.87. The second-order valence-corrected chi connectivity index (χ2v) is 4.60. The maximum atomic E-state index is 10.7. The van der Waals surface area contributed by atoms with E-state index in [1.54, 1.807) is 6.07 Å². The van der Waals surface area contributed by atoms with Crippen molar-refractivity contribution in [2.45, 2.75) is 25.2 Å². The highest BCUT2D eigenvalue weighted by Crippen LogP contribution is 2.37. The van der Waals surface area contributed by atoms with Crippen LogP contribution in [0.5, 0.6) is 5.75 Å². The van der Waals surface area contributed by atoms with Crippen LogP contribution in [0.2, 0.25) is 0 Å². The molecule has 18 heavy (non-hydrogen) atoms. The number of non-ortho nitro benzene ring substituents is 1. The second kappa shape index (κ2) is 4.22. The summed E-state index contributed by atoms with van der Waals surface area (Å²) in [5.74, 6) is 0.155. The minimum atomic E-state index is -0.547. The zero-order valence-corrected chi connectivity index (χ0v) is 9.85. The Kier molecular flexibility index (Phi) is 2.68. The summed E-state index contributed by atoms with van der Waals surface area (Å²) in [5, 5.41) is 14.0. The molecule has 0 aromatic heterocycles. The van der Waals surface area contributed by atoms with Crippen molar-refractivity contribution in [2.24, 2.45) is 0 Å². The number of hydrogen-bond donors (Lipinski definition) is 1. The maximum Gasteiger partial charge on any atom is 0.270 e. The summed E-state index contributed by atoms with van der Waals surface area (Å²) >= 11 is 0. The number of fused-ring (bicyclic) bond motifs is 1. The van der Waals surface area contributed by atoms with Gasteiger partial charge in [-0.1, -0.05) is 0 Å². The first-order valence-electron chi connectivity index (χ1n) is 6.00. The van der Waals surface area contributed by atoms with Crippen molar-refractivity contribution in [1.82, 2.24) is 5.32 Å². The van der Waals surface area contributed by atoms with Crippen molar-refractivity contribution in [2.75, 3.05) is 13.1 Å². The normalized spacial score (nSPS) is 21.1. The van der Waals surface area contributed by atoms with E-state index in [9.17, 15) is 10.1 Å². The monoisotopic (exact) mass is 250 g/mol. The van der Waals surface area contributed by atoms with E-state index in [1.807, 2.05) is 0 Å². The van der Waals surface area contributed by atoms with Gasteiger partial charge in [-0.2, -0.15) is 0 Å². The number of hydrogen-bond acceptors (Lipinski definition) is 5. The highest BCUT2D eigenvalue weighted by molar-refractivity contribution is 5.44. The first kappa shape index (κ1) is 11.4. The summed E-state index contributed by atoms with van der Waals surface area (Å²) < 4.78 is 11.7. The molecule has 0 aliphatic carbocycles. The van der Waals surface area contributed by atoms with Gasteiger partial charge in [0.15, 0.2) is 0 Å². The summed E-state index contributed by atoms with van der Waals surface area (Å²) in [5.41, 5.74) is 0.815. The Morgan fingerprint density at radius 3 is 2.83 bits per heavy atom. The van der Waals surface area contributed by atoms with E-state index in [4.69, 9.17) is 9.47 Å². The predicted molar refractivity (Wildman–Crippen MR) is 63.3 cm³/mol. The van der Waals surface area contributed by atoms with Gasteiger partial charge < -0.3 is 14.8 Å². The smallest absolute Gasteiger partial charge is 0.270 e. The van der Waals surface area contributed by atoms with Crippen molar-refractivity contribution in [3.63, 3.8) is 0 Å². The molecule has 1 spiro atoms. The summed E-state index contributed by atoms with van der Waals surface area (Å²) in [6, 6.07) is 4.65. The number of nitrogens with one attached hydrogen (secondary N) is 1. The molecule has 3 rings (SSSR count). The van der Waals surface area contributed by atoms with Crippen LogP contribution in [0.4, 0.5) is 5.69 Å². The Labute approximate surface area is 104 Å². The quantitative estimate of drug-likeness (QED) is 0.605. The minimum Gasteiger partial charge on any atom is -0.462 e. The van der Waals surface area contributed by atoms with Crippen molar-refractivity contribution >= 4 is 5.69 Å². The third kappa shape index (κ3) is 1.93. The fraction of sp³-hybridized carbons (Fsp3) is 0.500. The van der Waals surface area contributed by atoms with Crippen LogP contribution >= 0.6 is 0 Å². The number of piperidine rings is 1. The molecular weight excluding hydrogens is 236 g/mol. The number of nitrogens with zero attached hydrogens (tertiary/aromatic N) is 1. The zero-order valence-electron chi connectivity index (χ0n) is 9.85. The fourth-order valence-electron chi connectivity index (χ4n) is 2.38. The van der Waals surface area contributed by atoms with E-state index in [0.29, 0.717) is 12.4 Å². The van der Waals surface area contributed by atoms with Crippen LogP contribution in [0, 0.1) is 10.1 Å². The van der Waals surface area contributed by atoms with Gasteiger partial charge >= 0.3 is 0 Å². The van der Waals surface area contributed by atoms with Crippen LogP contribution in [0.15, 0.2) is 18.2 Å². The lowest BCUT2D eigenvalue weighted by Gasteiger charge is -2.41. The van der Waals surface area contributed by atoms with Gasteiger partial charge in [0, 0.05) is 43.6 Å². The van der Waals surface area contributed by atoms with Gasteiger partial charge in [-0.3, -0.25) is 10.1 Å². The van der Waals surface area contributed by atoms with Gasteiger partial charge in [0.1, 0.15) is 5.75 Å². The van der Waals surface area contributed by atoms with Crippen molar-refractivity contribution in [3.05, 3.63) is 33.9 Å². The lowest BCUT2D eigenvalue weighted by Crippen LogP contribution is -2.49. The average molecular weight is 250 g/mol. The molecule has 0 saturated carbocycles. The van der Waals surface area contributed by atoms with Crippen LogP contribution in [0.1, 0.15) is 18.4 Å². The number of ether oxygens (including phenoxy) is 2. The van der Waals surface area contributed by atoms with Gasteiger partial charge in [0.05, 0.1) is 11.5 Å². The molecule has 0 atom stereocenters. The maximum absolute atomic E-state index is 10.7. The Bertz CT molecular complexity index is 483. The Morgan fingerprint density at radius 1 is 1.33 bits per heavy atom. The topological polar surface area (TPSA) is 73.6 Å². The molecule has 1 aromatic rings. The van der Waals surface area contributed by atoms with Crippen LogP contribution < -0.4 is 10.1 Å². The minimum absolute atomic E-state index is 0.0715. The first-order valence-corrected chi connectivity index (χ1v) is 6.00. The number of nitro benzene ring substituents is 1. The standard InChI is InChI=1S/C12H14N2O4/c15-14(16)10-1-2-11-9(7-10)8-17-12(18-11)3-5-13-6-4-12/h1-2,7,13H,3-6,8H2. The molecule has 0 bridgehead atoms. The molecule has 96 valence electrons. The van der Waals surface area contributed by atoms with E-state index in [0.717, 1.165) is 31.5 Å². The van der Waals surface area contributed by atoms with E-state index < -0.39 is 10.7 Å². The van der Waals surface area contributed by atoms with Gasteiger partial charge in [-0.25, -0.2) is 0 Å². The van der Waals surface area contributed by atoms with E-state index in [1.165, 1.54) is 12.1 Å². The lowest BCUT2D eigenvalue weighted by molar-refractivity contribution is -0.385. The molecule has 6 nitrogen and oxygen atoms in total. The summed E-state index contributed by atoms with van der Waals surface area (Å²) in [7, 11) is 0. The lowest BCUT2D eigenvalue weighted by atomic mass is 10.0. The van der Waals surface area contributed by atoms with E-state index in [-0.39, 0.29) is 5.69 Å². The van der Waals surface area contributed by atoms with Gasteiger partial charge in [-0.15, -0.1) is 0 Å². The molecule has 0 radical (unpaired) electrons.